The molecule has 2 rings (SSSR count). The fourth-order valence-corrected chi connectivity index (χ4v) is 1.90. The molecule has 1 atom stereocenters. The van der Waals surface area contributed by atoms with Crippen LogP contribution in [0.25, 0.3) is 0 Å². The standard InChI is InChI=1S/C16H19FN2O/c1-3-18-11-14-9-10-19-16(15(14)17)20-12(2)13-7-5-4-6-8-13/h4-10,12,18H,3,11H2,1-2H3. The molecule has 20 heavy (non-hydrogen) atoms. The third kappa shape index (κ3) is 3.54. The number of nitrogens with zero attached hydrogens (tertiary/aromatic N) is 1. The van der Waals surface area contributed by atoms with Crippen LogP contribution in [0.5, 0.6) is 5.88 Å². The van der Waals surface area contributed by atoms with Crippen molar-refractivity contribution in [3.05, 3.63) is 59.5 Å². The molecular weight excluding hydrogens is 255 g/mol. The van der Waals surface area contributed by atoms with E-state index in [1.807, 2.05) is 44.2 Å². The molecule has 0 fully saturated rings. The van der Waals surface area contributed by atoms with Crippen molar-refractivity contribution in [2.45, 2.75) is 26.5 Å². The number of hydrogen-bond donors (Lipinski definition) is 1. The van der Waals surface area contributed by atoms with Crippen molar-refractivity contribution in [3.63, 3.8) is 0 Å². The number of hydrogen-bond acceptors (Lipinski definition) is 3. The highest BCUT2D eigenvalue weighted by atomic mass is 19.1. The van der Waals surface area contributed by atoms with Crippen LogP contribution in [-0.2, 0) is 6.54 Å². The Morgan fingerprint density at radius 1 is 1.25 bits per heavy atom. The smallest absolute Gasteiger partial charge is 0.251 e. The average molecular weight is 274 g/mol. The summed E-state index contributed by atoms with van der Waals surface area (Å²) < 4.78 is 19.9. The maximum atomic E-state index is 14.2. The van der Waals surface area contributed by atoms with Crippen LogP contribution in [0.15, 0.2) is 42.6 Å². The second-order valence-electron chi connectivity index (χ2n) is 4.54. The van der Waals surface area contributed by atoms with Crippen molar-refractivity contribution in [1.29, 1.82) is 0 Å². The van der Waals surface area contributed by atoms with Gasteiger partial charge in [-0.15, -0.1) is 0 Å². The van der Waals surface area contributed by atoms with Crippen LogP contribution in [-0.4, -0.2) is 11.5 Å². The normalized spacial score (nSPS) is 12.2. The van der Waals surface area contributed by atoms with Crippen LogP contribution in [0.3, 0.4) is 0 Å². The van der Waals surface area contributed by atoms with Gasteiger partial charge in [0.2, 0.25) is 0 Å². The Bertz CT molecular complexity index is 545. The predicted octanol–water partition coefficient (Wildman–Crippen LogP) is 3.47. The first-order valence-corrected chi connectivity index (χ1v) is 6.78. The van der Waals surface area contributed by atoms with Crippen molar-refractivity contribution in [1.82, 2.24) is 10.3 Å². The molecule has 0 saturated heterocycles. The first-order valence-electron chi connectivity index (χ1n) is 6.78. The number of benzene rings is 1. The van der Waals surface area contributed by atoms with E-state index in [-0.39, 0.29) is 12.0 Å². The van der Waals surface area contributed by atoms with E-state index in [0.29, 0.717) is 12.1 Å². The zero-order chi connectivity index (χ0) is 14.4. The van der Waals surface area contributed by atoms with Gasteiger partial charge in [-0.1, -0.05) is 37.3 Å². The first kappa shape index (κ1) is 14.5. The number of rotatable bonds is 6. The van der Waals surface area contributed by atoms with Gasteiger partial charge in [-0.05, 0) is 25.1 Å². The van der Waals surface area contributed by atoms with Gasteiger partial charge in [-0.25, -0.2) is 9.37 Å². The van der Waals surface area contributed by atoms with Crippen molar-refractivity contribution in [2.24, 2.45) is 0 Å². The number of ether oxygens (including phenoxy) is 1. The largest absolute Gasteiger partial charge is 0.468 e. The Balaban J connectivity index is 2.13. The summed E-state index contributed by atoms with van der Waals surface area (Å²) in [5.41, 5.74) is 1.56. The molecule has 106 valence electrons. The van der Waals surface area contributed by atoms with Gasteiger partial charge in [-0.3, -0.25) is 0 Å². The lowest BCUT2D eigenvalue weighted by Crippen LogP contribution is -2.14. The summed E-state index contributed by atoms with van der Waals surface area (Å²) in [4.78, 5) is 3.99. The van der Waals surface area contributed by atoms with Gasteiger partial charge < -0.3 is 10.1 Å². The molecule has 1 aromatic carbocycles. The second kappa shape index (κ2) is 7.01. The fourth-order valence-electron chi connectivity index (χ4n) is 1.90. The molecule has 0 bridgehead atoms. The lowest BCUT2D eigenvalue weighted by atomic mass is 10.1. The zero-order valence-corrected chi connectivity index (χ0v) is 11.8. The topological polar surface area (TPSA) is 34.2 Å². The molecule has 0 aliphatic rings. The Morgan fingerprint density at radius 3 is 2.70 bits per heavy atom. The summed E-state index contributed by atoms with van der Waals surface area (Å²) in [7, 11) is 0. The first-order chi connectivity index (χ1) is 9.72. The van der Waals surface area contributed by atoms with E-state index in [1.165, 1.54) is 0 Å². The number of pyridine rings is 1. The number of nitrogens with one attached hydrogen (secondary N) is 1. The summed E-state index contributed by atoms with van der Waals surface area (Å²) >= 11 is 0. The van der Waals surface area contributed by atoms with Crippen molar-refractivity contribution in [2.75, 3.05) is 6.54 Å². The molecule has 3 nitrogen and oxygen atoms in total. The molecule has 4 heteroatoms. The zero-order valence-electron chi connectivity index (χ0n) is 11.8. The van der Waals surface area contributed by atoms with Crippen LogP contribution in [0.2, 0.25) is 0 Å². The lowest BCUT2D eigenvalue weighted by molar-refractivity contribution is 0.205. The summed E-state index contributed by atoms with van der Waals surface area (Å²) in [5.74, 6) is -0.340. The van der Waals surface area contributed by atoms with Gasteiger partial charge >= 0.3 is 0 Å². The molecule has 1 heterocycles. The Hall–Kier alpha value is -1.94. The molecule has 0 amide bonds. The van der Waals surface area contributed by atoms with Gasteiger partial charge in [0.15, 0.2) is 5.82 Å². The Morgan fingerprint density at radius 2 is 2.00 bits per heavy atom. The lowest BCUT2D eigenvalue weighted by Gasteiger charge is -2.15. The monoisotopic (exact) mass is 274 g/mol. The van der Waals surface area contributed by atoms with Crippen molar-refractivity contribution >= 4 is 0 Å². The van der Waals surface area contributed by atoms with Gasteiger partial charge in [0, 0.05) is 18.3 Å². The molecule has 0 spiro atoms. The quantitative estimate of drug-likeness (QED) is 0.875. The van der Waals surface area contributed by atoms with Gasteiger partial charge in [0.05, 0.1) is 0 Å². The Kier molecular flexibility index (Phi) is 5.07. The average Bonchev–Trinajstić information content (AvgIpc) is 2.49. The number of halogens is 1. The molecule has 1 aromatic heterocycles. The van der Waals surface area contributed by atoms with Crippen LogP contribution < -0.4 is 10.1 Å². The predicted molar refractivity (Wildman–Crippen MR) is 77.1 cm³/mol. The summed E-state index contributed by atoms with van der Waals surface area (Å²) in [6.07, 6.45) is 1.33. The van der Waals surface area contributed by atoms with Crippen molar-refractivity contribution < 1.29 is 9.13 Å². The van der Waals surface area contributed by atoms with Gasteiger partial charge in [0.1, 0.15) is 6.10 Å². The minimum absolute atomic E-state index is 0.0526. The summed E-state index contributed by atoms with van der Waals surface area (Å²) in [5, 5.41) is 3.09. The molecule has 0 aliphatic carbocycles. The van der Waals surface area contributed by atoms with Gasteiger partial charge in [-0.2, -0.15) is 0 Å². The molecule has 2 aromatic rings. The third-order valence-corrected chi connectivity index (χ3v) is 3.06. The maximum Gasteiger partial charge on any atom is 0.251 e. The third-order valence-electron chi connectivity index (χ3n) is 3.06. The summed E-state index contributed by atoms with van der Waals surface area (Å²) in [6, 6.07) is 11.4. The summed E-state index contributed by atoms with van der Waals surface area (Å²) in [6.45, 7) is 5.13. The van der Waals surface area contributed by atoms with Crippen LogP contribution >= 0.6 is 0 Å². The SMILES string of the molecule is CCNCc1ccnc(OC(C)c2ccccc2)c1F. The molecule has 0 saturated carbocycles. The molecular formula is C16H19FN2O. The molecule has 1 unspecified atom stereocenters. The van der Waals surface area contributed by atoms with E-state index in [9.17, 15) is 4.39 Å². The Labute approximate surface area is 118 Å². The maximum absolute atomic E-state index is 14.2. The molecule has 0 radical (unpaired) electrons. The van der Waals surface area contributed by atoms with Crippen LogP contribution in [0.1, 0.15) is 31.1 Å². The van der Waals surface area contributed by atoms with E-state index >= 15 is 0 Å². The van der Waals surface area contributed by atoms with E-state index in [2.05, 4.69) is 10.3 Å². The number of aromatic nitrogens is 1. The van der Waals surface area contributed by atoms with Gasteiger partial charge in [0.25, 0.3) is 5.88 Å². The van der Waals surface area contributed by atoms with E-state index in [0.717, 1.165) is 12.1 Å². The highest BCUT2D eigenvalue weighted by Gasteiger charge is 2.14. The van der Waals surface area contributed by atoms with Crippen molar-refractivity contribution in [3.8, 4) is 5.88 Å². The van der Waals surface area contributed by atoms with E-state index < -0.39 is 5.82 Å². The van der Waals surface area contributed by atoms with Crippen LogP contribution in [0, 0.1) is 5.82 Å². The molecule has 0 aliphatic heterocycles. The van der Waals surface area contributed by atoms with E-state index in [1.54, 1.807) is 12.3 Å². The highest BCUT2D eigenvalue weighted by Crippen LogP contribution is 2.23. The minimum atomic E-state index is -0.392. The van der Waals surface area contributed by atoms with Crippen LogP contribution in [0.4, 0.5) is 4.39 Å². The highest BCUT2D eigenvalue weighted by molar-refractivity contribution is 5.25. The second-order valence-corrected chi connectivity index (χ2v) is 4.54. The molecule has 1 N–H and O–H groups in total. The fraction of sp³-hybridized carbons (Fsp3) is 0.312. The van der Waals surface area contributed by atoms with E-state index in [4.69, 9.17) is 4.74 Å². The minimum Gasteiger partial charge on any atom is -0.468 e.